The topological polar surface area (TPSA) is 50.4 Å². The molecule has 1 amide bonds. The van der Waals surface area contributed by atoms with E-state index in [1.807, 2.05) is 12.1 Å². The molecular formula is C17H24N2O2. The molecule has 2 aliphatic carbocycles. The van der Waals surface area contributed by atoms with Gasteiger partial charge in [-0.1, -0.05) is 12.1 Å². The van der Waals surface area contributed by atoms with Crippen LogP contribution in [0.25, 0.3) is 0 Å². The van der Waals surface area contributed by atoms with Gasteiger partial charge in [-0.15, -0.1) is 0 Å². The molecule has 0 spiro atoms. The van der Waals surface area contributed by atoms with E-state index in [0.29, 0.717) is 17.9 Å². The Morgan fingerprint density at radius 2 is 1.90 bits per heavy atom. The molecule has 0 heterocycles. The second kappa shape index (κ2) is 6.48. The maximum Gasteiger partial charge on any atom is 0.223 e. The van der Waals surface area contributed by atoms with Crippen molar-refractivity contribution in [2.75, 3.05) is 20.2 Å². The first-order valence-electron chi connectivity index (χ1n) is 7.91. The summed E-state index contributed by atoms with van der Waals surface area (Å²) in [6.45, 7) is 1.62. The molecule has 2 aliphatic rings. The van der Waals surface area contributed by atoms with Gasteiger partial charge in [-0.05, 0) is 49.3 Å². The zero-order chi connectivity index (χ0) is 14.7. The van der Waals surface area contributed by atoms with Crippen LogP contribution >= 0.6 is 0 Å². The van der Waals surface area contributed by atoms with Gasteiger partial charge < -0.3 is 15.4 Å². The molecule has 0 saturated heterocycles. The van der Waals surface area contributed by atoms with Gasteiger partial charge in [0.25, 0.3) is 0 Å². The molecular weight excluding hydrogens is 264 g/mol. The largest absolute Gasteiger partial charge is 0.497 e. The molecule has 0 aliphatic heterocycles. The number of carbonyl (C=O) groups excluding carboxylic acids is 1. The Hall–Kier alpha value is -1.55. The minimum absolute atomic E-state index is 0.238. The fourth-order valence-corrected chi connectivity index (χ4v) is 2.88. The summed E-state index contributed by atoms with van der Waals surface area (Å²) in [7, 11) is 1.69. The molecule has 2 fully saturated rings. The van der Waals surface area contributed by atoms with Crippen molar-refractivity contribution >= 4 is 5.91 Å². The van der Waals surface area contributed by atoms with Crippen molar-refractivity contribution < 1.29 is 9.53 Å². The Morgan fingerprint density at radius 3 is 2.52 bits per heavy atom. The summed E-state index contributed by atoms with van der Waals surface area (Å²) >= 11 is 0. The summed E-state index contributed by atoms with van der Waals surface area (Å²) in [4.78, 5) is 11.5. The van der Waals surface area contributed by atoms with Crippen LogP contribution in [-0.2, 0) is 4.79 Å². The van der Waals surface area contributed by atoms with E-state index in [9.17, 15) is 4.79 Å². The van der Waals surface area contributed by atoms with Gasteiger partial charge in [0.1, 0.15) is 5.75 Å². The molecule has 4 nitrogen and oxygen atoms in total. The van der Waals surface area contributed by atoms with E-state index in [4.69, 9.17) is 4.74 Å². The van der Waals surface area contributed by atoms with Crippen LogP contribution in [0.2, 0.25) is 0 Å². The number of methoxy groups -OCH3 is 1. The second-order valence-corrected chi connectivity index (χ2v) is 6.16. The Bertz CT molecular complexity index is 476. The summed E-state index contributed by atoms with van der Waals surface area (Å²) in [5.74, 6) is 2.13. The Morgan fingerprint density at radius 1 is 1.19 bits per heavy atom. The average Bonchev–Trinajstić information content (AvgIpc) is 3.30. The van der Waals surface area contributed by atoms with Gasteiger partial charge in [0.2, 0.25) is 5.91 Å². The fourth-order valence-electron chi connectivity index (χ4n) is 2.88. The molecule has 0 radical (unpaired) electrons. The standard InChI is InChI=1S/C17H24N2O2/c1-21-16-6-4-12(5-7-16)14-10-15(11-14)18-8-9-19-17(20)13-2-3-13/h4-7,13-15,18H,2-3,8-11H2,1H3,(H,19,20). The molecule has 0 bridgehead atoms. The average molecular weight is 288 g/mol. The number of amides is 1. The monoisotopic (exact) mass is 288 g/mol. The highest BCUT2D eigenvalue weighted by Crippen LogP contribution is 2.37. The lowest BCUT2D eigenvalue weighted by atomic mass is 9.76. The van der Waals surface area contributed by atoms with E-state index < -0.39 is 0 Å². The minimum Gasteiger partial charge on any atom is -0.497 e. The zero-order valence-corrected chi connectivity index (χ0v) is 12.6. The third-order valence-electron chi connectivity index (χ3n) is 4.53. The first kappa shape index (κ1) is 14.4. The molecule has 2 saturated carbocycles. The van der Waals surface area contributed by atoms with E-state index in [1.54, 1.807) is 7.11 Å². The van der Waals surface area contributed by atoms with Gasteiger partial charge in [0.05, 0.1) is 7.11 Å². The van der Waals surface area contributed by atoms with Gasteiger partial charge in [-0.3, -0.25) is 4.79 Å². The smallest absolute Gasteiger partial charge is 0.223 e. The van der Waals surface area contributed by atoms with Crippen molar-refractivity contribution in [3.8, 4) is 5.75 Å². The number of nitrogens with one attached hydrogen (secondary N) is 2. The third-order valence-corrected chi connectivity index (χ3v) is 4.53. The predicted octanol–water partition coefficient (Wildman–Crippen LogP) is 2.06. The summed E-state index contributed by atoms with van der Waals surface area (Å²) in [5.41, 5.74) is 1.40. The van der Waals surface area contributed by atoms with Gasteiger partial charge >= 0.3 is 0 Å². The van der Waals surface area contributed by atoms with Crippen molar-refractivity contribution in [3.63, 3.8) is 0 Å². The van der Waals surface area contributed by atoms with E-state index in [-0.39, 0.29) is 5.91 Å². The number of carbonyl (C=O) groups is 1. The molecule has 1 aromatic rings. The number of rotatable bonds is 7. The van der Waals surface area contributed by atoms with Gasteiger partial charge in [0, 0.05) is 25.0 Å². The van der Waals surface area contributed by atoms with Crippen molar-refractivity contribution in [2.24, 2.45) is 5.92 Å². The summed E-state index contributed by atoms with van der Waals surface area (Å²) in [6.07, 6.45) is 4.52. The minimum atomic E-state index is 0.238. The lowest BCUT2D eigenvalue weighted by Crippen LogP contribution is -2.43. The van der Waals surface area contributed by atoms with Crippen LogP contribution in [0.15, 0.2) is 24.3 Å². The Balaban J connectivity index is 1.30. The van der Waals surface area contributed by atoms with E-state index in [1.165, 1.54) is 18.4 Å². The SMILES string of the molecule is COc1ccc(C2CC(NCCNC(=O)C3CC3)C2)cc1. The molecule has 114 valence electrons. The summed E-state index contributed by atoms with van der Waals surface area (Å²) in [5, 5.41) is 6.51. The number of ether oxygens (including phenoxy) is 1. The highest BCUT2D eigenvalue weighted by Gasteiger charge is 2.30. The van der Waals surface area contributed by atoms with Gasteiger partial charge in [0.15, 0.2) is 0 Å². The molecule has 0 unspecified atom stereocenters. The summed E-state index contributed by atoms with van der Waals surface area (Å²) < 4.78 is 5.18. The fraction of sp³-hybridized carbons (Fsp3) is 0.588. The number of benzene rings is 1. The zero-order valence-electron chi connectivity index (χ0n) is 12.6. The van der Waals surface area contributed by atoms with Crippen LogP contribution in [0, 0.1) is 5.92 Å². The quantitative estimate of drug-likeness (QED) is 0.755. The lowest BCUT2D eigenvalue weighted by Gasteiger charge is -2.36. The maximum atomic E-state index is 11.5. The second-order valence-electron chi connectivity index (χ2n) is 6.16. The third kappa shape index (κ3) is 3.76. The summed E-state index contributed by atoms with van der Waals surface area (Å²) in [6, 6.07) is 8.98. The molecule has 3 rings (SSSR count). The van der Waals surface area contributed by atoms with Crippen molar-refractivity contribution in [1.82, 2.24) is 10.6 Å². The van der Waals surface area contributed by atoms with Crippen LogP contribution < -0.4 is 15.4 Å². The molecule has 4 heteroatoms. The van der Waals surface area contributed by atoms with Crippen LogP contribution in [0.4, 0.5) is 0 Å². The lowest BCUT2D eigenvalue weighted by molar-refractivity contribution is -0.122. The Kier molecular flexibility index (Phi) is 4.44. The molecule has 0 aromatic heterocycles. The number of hydrogen-bond acceptors (Lipinski definition) is 3. The first-order valence-corrected chi connectivity index (χ1v) is 7.91. The Labute approximate surface area is 126 Å². The van der Waals surface area contributed by atoms with Crippen LogP contribution in [0.3, 0.4) is 0 Å². The molecule has 1 aromatic carbocycles. The van der Waals surface area contributed by atoms with Crippen molar-refractivity contribution in [3.05, 3.63) is 29.8 Å². The maximum absolute atomic E-state index is 11.5. The predicted molar refractivity (Wildman–Crippen MR) is 82.5 cm³/mol. The van der Waals surface area contributed by atoms with Crippen LogP contribution in [0.5, 0.6) is 5.75 Å². The highest BCUT2D eigenvalue weighted by molar-refractivity contribution is 5.80. The molecule has 2 N–H and O–H groups in total. The van der Waals surface area contributed by atoms with Gasteiger partial charge in [-0.25, -0.2) is 0 Å². The van der Waals surface area contributed by atoms with Crippen LogP contribution in [-0.4, -0.2) is 32.1 Å². The number of hydrogen-bond donors (Lipinski definition) is 2. The van der Waals surface area contributed by atoms with Crippen molar-refractivity contribution in [2.45, 2.75) is 37.6 Å². The van der Waals surface area contributed by atoms with E-state index in [0.717, 1.165) is 31.7 Å². The van der Waals surface area contributed by atoms with Crippen LogP contribution in [0.1, 0.15) is 37.2 Å². The van der Waals surface area contributed by atoms with Gasteiger partial charge in [-0.2, -0.15) is 0 Å². The highest BCUT2D eigenvalue weighted by atomic mass is 16.5. The first-order chi connectivity index (χ1) is 10.3. The van der Waals surface area contributed by atoms with E-state index in [2.05, 4.69) is 22.8 Å². The molecule has 21 heavy (non-hydrogen) atoms. The van der Waals surface area contributed by atoms with Crippen molar-refractivity contribution in [1.29, 1.82) is 0 Å². The molecule has 0 atom stereocenters. The normalized spacial score (nSPS) is 24.2. The van der Waals surface area contributed by atoms with E-state index >= 15 is 0 Å².